The molecule has 3 aliphatic rings. The number of pyridine rings is 1. The van der Waals surface area contributed by atoms with Crippen molar-refractivity contribution < 1.29 is 14.0 Å². The zero-order valence-corrected chi connectivity index (χ0v) is 25.7. The number of amides is 2. The Balaban J connectivity index is 1.22. The molecule has 8 heteroatoms. The van der Waals surface area contributed by atoms with E-state index in [1.165, 1.54) is 48.8 Å². The van der Waals surface area contributed by atoms with Crippen LogP contribution in [0.15, 0.2) is 36.8 Å². The third-order valence-corrected chi connectivity index (χ3v) is 10.3. The Morgan fingerprint density at radius 3 is 2.69 bits per heavy atom. The summed E-state index contributed by atoms with van der Waals surface area (Å²) in [7, 11) is 1.76. The van der Waals surface area contributed by atoms with Gasteiger partial charge in [0.25, 0.3) is 5.91 Å². The first kappa shape index (κ1) is 28.8. The number of nitrogens with zero attached hydrogens (tertiary/aromatic N) is 5. The molecule has 2 saturated heterocycles. The Labute approximate surface area is 248 Å². The highest BCUT2D eigenvalue weighted by molar-refractivity contribution is 5.99. The van der Waals surface area contributed by atoms with Crippen LogP contribution in [0.1, 0.15) is 74.4 Å². The van der Waals surface area contributed by atoms with E-state index in [0.29, 0.717) is 28.6 Å². The molecule has 2 amide bonds. The highest BCUT2D eigenvalue weighted by atomic mass is 19.1. The molecule has 2 unspecified atom stereocenters. The maximum Gasteiger partial charge on any atom is 0.256 e. The largest absolute Gasteiger partial charge is 0.342 e. The molecule has 2 aliphatic heterocycles. The molecule has 224 valence electrons. The Kier molecular flexibility index (Phi) is 7.62. The van der Waals surface area contributed by atoms with Gasteiger partial charge in [0.2, 0.25) is 5.91 Å². The van der Waals surface area contributed by atoms with Crippen LogP contribution in [0.25, 0.3) is 16.6 Å². The SMILES string of the molecule is CC(=O)N1CCC2(CCCC(N3CC(Cc4cn(-c5ccc(F)cc5C(=O)N(C)C(C)C)c5cncc(C)c45)C3)C2)C1. The van der Waals surface area contributed by atoms with Crippen molar-refractivity contribution in [1.29, 1.82) is 0 Å². The minimum absolute atomic E-state index is 0.00292. The van der Waals surface area contributed by atoms with Gasteiger partial charge in [-0.05, 0) is 93.5 Å². The zero-order valence-electron chi connectivity index (χ0n) is 25.7. The number of hydrogen-bond acceptors (Lipinski definition) is 4. The molecule has 3 aromatic rings. The van der Waals surface area contributed by atoms with Gasteiger partial charge >= 0.3 is 0 Å². The second-order valence-electron chi connectivity index (χ2n) is 13.5. The third kappa shape index (κ3) is 5.23. The fourth-order valence-electron chi connectivity index (χ4n) is 7.76. The van der Waals surface area contributed by atoms with Gasteiger partial charge in [0.05, 0.1) is 23.0 Å². The number of fused-ring (bicyclic) bond motifs is 1. The van der Waals surface area contributed by atoms with Crippen LogP contribution in [0.2, 0.25) is 0 Å². The van der Waals surface area contributed by atoms with E-state index < -0.39 is 5.82 Å². The van der Waals surface area contributed by atoms with Gasteiger partial charge in [0, 0.05) is 70.0 Å². The molecule has 1 aliphatic carbocycles. The summed E-state index contributed by atoms with van der Waals surface area (Å²) >= 11 is 0. The van der Waals surface area contributed by atoms with E-state index in [0.717, 1.165) is 50.1 Å². The van der Waals surface area contributed by atoms with Gasteiger partial charge in [-0.15, -0.1) is 0 Å². The summed E-state index contributed by atoms with van der Waals surface area (Å²) in [5, 5.41) is 1.18. The summed E-state index contributed by atoms with van der Waals surface area (Å²) < 4.78 is 16.5. The van der Waals surface area contributed by atoms with Gasteiger partial charge in [0.15, 0.2) is 0 Å². The lowest BCUT2D eigenvalue weighted by molar-refractivity contribution is -0.128. The molecule has 7 nitrogen and oxygen atoms in total. The van der Waals surface area contributed by atoms with Crippen LogP contribution in [0.3, 0.4) is 0 Å². The maximum absolute atomic E-state index is 14.4. The third-order valence-electron chi connectivity index (χ3n) is 10.3. The molecule has 4 heterocycles. The molecule has 6 rings (SSSR count). The first-order chi connectivity index (χ1) is 20.0. The van der Waals surface area contributed by atoms with Crippen LogP contribution < -0.4 is 0 Å². The Hall–Kier alpha value is -3.26. The molecule has 0 bridgehead atoms. The summed E-state index contributed by atoms with van der Waals surface area (Å²) in [4.78, 5) is 36.2. The monoisotopic (exact) mass is 573 g/mol. The van der Waals surface area contributed by atoms with Crippen LogP contribution in [0.5, 0.6) is 0 Å². The number of halogens is 1. The lowest BCUT2D eigenvalue weighted by Gasteiger charge is -2.49. The number of aromatic nitrogens is 2. The van der Waals surface area contributed by atoms with E-state index in [1.807, 2.05) is 30.8 Å². The fourth-order valence-corrected chi connectivity index (χ4v) is 7.76. The lowest BCUT2D eigenvalue weighted by Crippen LogP contribution is -2.55. The van der Waals surface area contributed by atoms with Crippen molar-refractivity contribution in [3.8, 4) is 5.69 Å². The predicted molar refractivity (Wildman–Crippen MR) is 163 cm³/mol. The number of likely N-dealkylation sites (tertiary alicyclic amines) is 2. The van der Waals surface area contributed by atoms with Gasteiger partial charge in [-0.25, -0.2) is 4.39 Å². The van der Waals surface area contributed by atoms with Crippen molar-refractivity contribution in [3.63, 3.8) is 0 Å². The first-order valence-corrected chi connectivity index (χ1v) is 15.6. The van der Waals surface area contributed by atoms with Gasteiger partial charge in [0.1, 0.15) is 5.82 Å². The fraction of sp³-hybridized carbons (Fsp3) is 0.559. The van der Waals surface area contributed by atoms with Crippen LogP contribution >= 0.6 is 0 Å². The standard InChI is InChI=1S/C34H44FN5O2/c1-22(2)37(5)33(42)29-14-27(35)8-9-30(29)40-20-26(32-23(3)16-36-17-31(32)40)13-25-18-39(19-25)28-7-6-10-34(15-28)11-12-38(21-34)24(4)41/h8-9,14,16-17,20,22,25,28H,6-7,10-13,15,18-19,21H2,1-5H3. The van der Waals surface area contributed by atoms with Crippen molar-refractivity contribution >= 4 is 22.7 Å². The number of rotatable bonds is 6. The molecule has 3 fully saturated rings. The summed E-state index contributed by atoms with van der Waals surface area (Å²) in [6, 6.07) is 5.10. The van der Waals surface area contributed by atoms with Gasteiger partial charge in [-0.3, -0.25) is 19.5 Å². The number of hydrogen-bond donors (Lipinski definition) is 0. The predicted octanol–water partition coefficient (Wildman–Crippen LogP) is 5.61. The molecule has 0 radical (unpaired) electrons. The van der Waals surface area contributed by atoms with E-state index in [2.05, 4.69) is 27.9 Å². The van der Waals surface area contributed by atoms with E-state index >= 15 is 0 Å². The number of carbonyl (C=O) groups excluding carboxylic acids is 2. The summed E-state index contributed by atoms with van der Waals surface area (Å²) in [5.41, 5.74) is 4.65. The zero-order chi connectivity index (χ0) is 29.8. The van der Waals surface area contributed by atoms with Crippen LogP contribution in [-0.2, 0) is 11.2 Å². The van der Waals surface area contributed by atoms with Gasteiger partial charge < -0.3 is 14.4 Å². The first-order valence-electron chi connectivity index (χ1n) is 15.6. The van der Waals surface area contributed by atoms with E-state index in [4.69, 9.17) is 0 Å². The van der Waals surface area contributed by atoms with Crippen molar-refractivity contribution in [1.82, 2.24) is 24.3 Å². The topological polar surface area (TPSA) is 61.7 Å². The van der Waals surface area contributed by atoms with Gasteiger partial charge in [-0.1, -0.05) is 6.42 Å². The molecular weight excluding hydrogens is 529 g/mol. The second kappa shape index (κ2) is 11.1. The molecule has 1 aromatic carbocycles. The lowest BCUT2D eigenvalue weighted by atomic mass is 9.70. The highest BCUT2D eigenvalue weighted by Crippen LogP contribution is 2.46. The average Bonchev–Trinajstić information content (AvgIpc) is 3.52. The Morgan fingerprint density at radius 2 is 1.98 bits per heavy atom. The molecule has 2 atom stereocenters. The van der Waals surface area contributed by atoms with E-state index in [1.54, 1.807) is 24.9 Å². The molecule has 1 saturated carbocycles. The number of benzene rings is 1. The smallest absolute Gasteiger partial charge is 0.256 e. The summed E-state index contributed by atoms with van der Waals surface area (Å²) in [5.74, 6) is 0.160. The van der Waals surface area contributed by atoms with E-state index in [-0.39, 0.29) is 17.9 Å². The molecule has 42 heavy (non-hydrogen) atoms. The van der Waals surface area contributed by atoms with Gasteiger partial charge in [-0.2, -0.15) is 0 Å². The van der Waals surface area contributed by atoms with E-state index in [9.17, 15) is 14.0 Å². The minimum atomic E-state index is -0.420. The summed E-state index contributed by atoms with van der Waals surface area (Å²) in [6.45, 7) is 11.7. The van der Waals surface area contributed by atoms with Crippen LogP contribution in [0.4, 0.5) is 4.39 Å². The van der Waals surface area contributed by atoms with Crippen molar-refractivity contribution in [3.05, 3.63) is 59.3 Å². The maximum atomic E-state index is 14.4. The summed E-state index contributed by atoms with van der Waals surface area (Å²) in [6.07, 6.45) is 13.0. The highest BCUT2D eigenvalue weighted by Gasteiger charge is 2.45. The Bertz CT molecular complexity index is 1510. The molecular formula is C34H44FN5O2. The van der Waals surface area contributed by atoms with Crippen molar-refractivity contribution in [2.75, 3.05) is 33.2 Å². The minimum Gasteiger partial charge on any atom is -0.342 e. The van der Waals surface area contributed by atoms with Crippen molar-refractivity contribution in [2.24, 2.45) is 11.3 Å². The van der Waals surface area contributed by atoms with Crippen LogP contribution in [-0.4, -0.2) is 81.4 Å². The Morgan fingerprint density at radius 1 is 1.19 bits per heavy atom. The quantitative estimate of drug-likeness (QED) is 0.385. The molecule has 0 N–H and O–H groups in total. The molecule has 1 spiro atoms. The van der Waals surface area contributed by atoms with Crippen LogP contribution in [0, 0.1) is 24.1 Å². The molecule has 2 aromatic heterocycles. The average molecular weight is 574 g/mol. The number of aryl methyl sites for hydroxylation is 1. The number of carbonyl (C=O) groups is 2. The van der Waals surface area contributed by atoms with Crippen molar-refractivity contribution in [2.45, 2.75) is 78.3 Å². The normalized spacial score (nSPS) is 23.2. The second-order valence-corrected chi connectivity index (χ2v) is 13.5.